The van der Waals surface area contributed by atoms with Crippen molar-refractivity contribution in [3.8, 4) is 0 Å². The summed E-state index contributed by atoms with van der Waals surface area (Å²) in [4.78, 5) is 41.3. The molecule has 216 valence electrons. The van der Waals surface area contributed by atoms with Gasteiger partial charge in [0.15, 0.2) is 0 Å². The fourth-order valence-corrected chi connectivity index (χ4v) is 6.85. The van der Waals surface area contributed by atoms with Crippen LogP contribution >= 0.6 is 0 Å². The molecule has 0 aromatic heterocycles. The van der Waals surface area contributed by atoms with E-state index in [-0.39, 0.29) is 0 Å². The number of hydrogen-bond acceptors (Lipinski definition) is 6. The molecule has 3 rings (SSSR count). The van der Waals surface area contributed by atoms with Gasteiger partial charge < -0.3 is 11.4 Å². The summed E-state index contributed by atoms with van der Waals surface area (Å²) in [6, 6.07) is 0. The van der Waals surface area contributed by atoms with Crippen LogP contribution in [-0.2, 0) is 25.7 Å². The first kappa shape index (κ1) is 31.9. The van der Waals surface area contributed by atoms with E-state index in [1.54, 1.807) is 0 Å². The minimum atomic E-state index is -3.58. The van der Waals surface area contributed by atoms with Crippen LogP contribution in [0.5, 0.6) is 0 Å². The summed E-state index contributed by atoms with van der Waals surface area (Å²) in [6.45, 7) is 6.23. The molecule has 6 nitrogen and oxygen atoms in total. The fourth-order valence-electron chi connectivity index (χ4n) is 5.47. The van der Waals surface area contributed by atoms with Crippen LogP contribution in [0, 0.1) is 16.2 Å². The number of carbonyl (C=O) groups is 3. The number of unbranched alkanes of at least 4 members (excludes halogenated alkanes) is 3. The number of hydrogen-bond donors (Lipinski definition) is 0. The van der Waals surface area contributed by atoms with Gasteiger partial charge in [0.25, 0.3) is 17.9 Å². The van der Waals surface area contributed by atoms with Crippen molar-refractivity contribution in [2.75, 3.05) is 0 Å². The van der Waals surface area contributed by atoms with Crippen molar-refractivity contribution < 1.29 is 25.7 Å². The molecule has 0 aliphatic heterocycles. The monoisotopic (exact) mass is 564 g/mol. The van der Waals surface area contributed by atoms with Gasteiger partial charge >= 0.3 is 15.1 Å². The fraction of sp³-hybridized carbons (Fsp3) is 0.545. The lowest BCUT2D eigenvalue weighted by Crippen LogP contribution is -2.46. The van der Waals surface area contributed by atoms with Crippen molar-refractivity contribution in [1.82, 2.24) is 0 Å². The highest BCUT2D eigenvalue weighted by atomic mass is 27.3. The van der Waals surface area contributed by atoms with Gasteiger partial charge in [0.05, 0.1) is 16.2 Å². The van der Waals surface area contributed by atoms with Crippen molar-refractivity contribution in [3.05, 3.63) is 72.9 Å². The van der Waals surface area contributed by atoms with Gasteiger partial charge in [-0.3, -0.25) is 14.4 Å². The Hall–Kier alpha value is -2.62. The van der Waals surface area contributed by atoms with Crippen LogP contribution in [0.1, 0.15) is 97.8 Å². The van der Waals surface area contributed by atoms with Crippen molar-refractivity contribution in [2.24, 2.45) is 16.2 Å². The third-order valence-electron chi connectivity index (χ3n) is 8.19. The Balaban J connectivity index is 1.89. The zero-order valence-corrected chi connectivity index (χ0v) is 25.6. The average molecular weight is 565 g/mol. The summed E-state index contributed by atoms with van der Waals surface area (Å²) in [7, 11) is 0. The quantitative estimate of drug-likeness (QED) is 0.190. The summed E-state index contributed by atoms with van der Waals surface area (Å²) in [5, 5.41) is 0. The van der Waals surface area contributed by atoms with Crippen LogP contribution in [0.2, 0.25) is 0 Å². The van der Waals surface area contributed by atoms with E-state index in [1.807, 2.05) is 72.9 Å². The molecule has 3 aliphatic rings. The lowest BCUT2D eigenvalue weighted by Gasteiger charge is -2.34. The standard InChI is InChI=1S/3C11H16O2.Al/c3*1-2-3-7-11(10(12)13)8-5-4-6-9-11;/h3*4-6,8H,2-3,7,9H2,1H3,(H,12,13);/q;;;+3/p-3. The molecule has 0 spiro atoms. The van der Waals surface area contributed by atoms with Gasteiger partial charge in [-0.25, -0.2) is 0 Å². The lowest BCUT2D eigenvalue weighted by atomic mass is 9.77. The van der Waals surface area contributed by atoms with Crippen LogP contribution in [-0.4, -0.2) is 33.1 Å². The number of allylic oxidation sites excluding steroid dienone is 9. The van der Waals surface area contributed by atoms with Gasteiger partial charge in [0, 0.05) is 0 Å². The second-order valence-corrected chi connectivity index (χ2v) is 12.5. The minimum absolute atomic E-state index is 0.493. The van der Waals surface area contributed by atoms with E-state index in [1.165, 1.54) is 0 Å². The maximum Gasteiger partial charge on any atom is 1.20 e. The molecule has 3 aliphatic carbocycles. The Labute approximate surface area is 245 Å². The molecule has 0 bridgehead atoms. The van der Waals surface area contributed by atoms with Crippen LogP contribution in [0.3, 0.4) is 0 Å². The Morgan fingerprint density at radius 1 is 0.550 bits per heavy atom. The zero-order chi connectivity index (χ0) is 28.9. The third-order valence-corrected chi connectivity index (χ3v) is 9.41. The summed E-state index contributed by atoms with van der Waals surface area (Å²) in [5.74, 6) is -1.49. The topological polar surface area (TPSA) is 78.9 Å². The normalized spacial score (nSPS) is 26.5. The SMILES string of the molecule is CCCCC1(C(=O)[O][Al]([O]C(=O)C2(CCCC)C=CC=CC2)[O]C(=O)C2(CCCC)C=CC=CC2)C=CC=CC1. The summed E-state index contributed by atoms with van der Waals surface area (Å²) < 4.78 is 17.9. The number of rotatable bonds is 15. The molecule has 0 fully saturated rings. The van der Waals surface area contributed by atoms with Crippen molar-refractivity contribution >= 4 is 33.1 Å². The maximum atomic E-state index is 13.8. The molecule has 0 heterocycles. The second-order valence-electron chi connectivity index (χ2n) is 11.3. The van der Waals surface area contributed by atoms with Crippen molar-refractivity contribution in [2.45, 2.75) is 97.8 Å². The van der Waals surface area contributed by atoms with E-state index in [2.05, 4.69) is 20.8 Å². The average Bonchev–Trinajstić information content (AvgIpc) is 2.99. The van der Waals surface area contributed by atoms with Gasteiger partial charge in [0.1, 0.15) is 0 Å². The van der Waals surface area contributed by atoms with Crippen molar-refractivity contribution in [1.29, 1.82) is 0 Å². The summed E-state index contributed by atoms with van der Waals surface area (Å²) >= 11 is -3.58. The highest BCUT2D eigenvalue weighted by Crippen LogP contribution is 2.39. The maximum absolute atomic E-state index is 13.8. The molecule has 3 atom stereocenters. The van der Waals surface area contributed by atoms with Crippen LogP contribution in [0.4, 0.5) is 0 Å². The molecule has 0 aromatic rings. The minimum Gasteiger partial charge on any atom is -0.550 e. The van der Waals surface area contributed by atoms with Crippen LogP contribution < -0.4 is 0 Å². The first-order valence-electron chi connectivity index (χ1n) is 15.0. The Kier molecular flexibility index (Phi) is 12.3. The van der Waals surface area contributed by atoms with E-state index in [9.17, 15) is 14.4 Å². The highest BCUT2D eigenvalue weighted by Gasteiger charge is 2.56. The molecule has 0 saturated heterocycles. The summed E-state index contributed by atoms with van der Waals surface area (Å²) in [6.07, 6.45) is 31.3. The zero-order valence-electron chi connectivity index (χ0n) is 24.4. The number of carbonyl (C=O) groups excluding carboxylic acids is 3. The Morgan fingerprint density at radius 2 is 0.850 bits per heavy atom. The predicted octanol–water partition coefficient (Wildman–Crippen LogP) is 7.68. The second kappa shape index (κ2) is 15.4. The molecule has 0 saturated carbocycles. The predicted molar refractivity (Wildman–Crippen MR) is 159 cm³/mol. The van der Waals surface area contributed by atoms with E-state index < -0.39 is 49.3 Å². The molecular formula is C33H45AlO6. The van der Waals surface area contributed by atoms with Crippen molar-refractivity contribution in [3.63, 3.8) is 0 Å². The molecule has 0 aromatic carbocycles. The highest BCUT2D eigenvalue weighted by molar-refractivity contribution is 6.44. The van der Waals surface area contributed by atoms with Crippen LogP contribution in [0.15, 0.2) is 72.9 Å². The molecule has 0 N–H and O–H groups in total. The van der Waals surface area contributed by atoms with E-state index >= 15 is 0 Å². The molecule has 0 radical (unpaired) electrons. The first-order valence-corrected chi connectivity index (χ1v) is 16.4. The molecular weight excluding hydrogens is 519 g/mol. The Bertz CT molecular complexity index is 936. The van der Waals surface area contributed by atoms with Gasteiger partial charge in [-0.1, -0.05) is 132 Å². The van der Waals surface area contributed by atoms with Gasteiger partial charge in [-0.05, 0) is 38.5 Å². The van der Waals surface area contributed by atoms with E-state index in [4.69, 9.17) is 11.4 Å². The molecule has 3 unspecified atom stereocenters. The van der Waals surface area contributed by atoms with Gasteiger partial charge in [-0.15, -0.1) is 0 Å². The molecule has 0 amide bonds. The van der Waals surface area contributed by atoms with Gasteiger partial charge in [-0.2, -0.15) is 0 Å². The first-order chi connectivity index (χ1) is 19.4. The largest absolute Gasteiger partial charge is 1.20 e. The molecule has 7 heteroatoms. The van der Waals surface area contributed by atoms with Gasteiger partial charge in [0.2, 0.25) is 0 Å². The van der Waals surface area contributed by atoms with Crippen LogP contribution in [0.25, 0.3) is 0 Å². The smallest absolute Gasteiger partial charge is 0.550 e. The van der Waals surface area contributed by atoms with E-state index in [0.29, 0.717) is 38.5 Å². The Morgan fingerprint density at radius 3 is 1.07 bits per heavy atom. The summed E-state index contributed by atoms with van der Waals surface area (Å²) in [5.41, 5.74) is -2.60. The lowest BCUT2D eigenvalue weighted by molar-refractivity contribution is -0.158. The van der Waals surface area contributed by atoms with E-state index in [0.717, 1.165) is 38.5 Å². The molecule has 40 heavy (non-hydrogen) atoms. The third kappa shape index (κ3) is 7.98.